The van der Waals surface area contributed by atoms with Gasteiger partial charge in [0.25, 0.3) is 0 Å². The predicted octanol–water partition coefficient (Wildman–Crippen LogP) is 3.08. The molecule has 0 atom stereocenters. The van der Waals surface area contributed by atoms with Crippen LogP contribution in [0.5, 0.6) is 5.75 Å². The molecule has 3 aromatic heterocycles. The summed E-state index contributed by atoms with van der Waals surface area (Å²) in [5.41, 5.74) is 0.992. The summed E-state index contributed by atoms with van der Waals surface area (Å²) in [6.07, 6.45) is 1.16. The molecule has 0 bridgehead atoms. The van der Waals surface area contributed by atoms with Crippen LogP contribution in [0.2, 0.25) is 0 Å². The SMILES string of the molecule is Cc1ccc(O)c(CN(C(=O)OC(C)(C)C)c2nnc3ccccn23)n1. The van der Waals surface area contributed by atoms with Crippen molar-refractivity contribution in [3.05, 3.63) is 47.9 Å². The lowest BCUT2D eigenvalue weighted by Gasteiger charge is -2.26. The largest absolute Gasteiger partial charge is 0.506 e. The van der Waals surface area contributed by atoms with Gasteiger partial charge in [0.1, 0.15) is 17.0 Å². The number of carbonyl (C=O) groups excluding carboxylic acids is 1. The number of nitrogens with zero attached hydrogens (tertiary/aromatic N) is 5. The summed E-state index contributed by atoms with van der Waals surface area (Å²) in [7, 11) is 0. The number of fused-ring (bicyclic) bond motifs is 1. The number of aromatic hydroxyl groups is 1. The molecule has 3 aromatic rings. The quantitative estimate of drug-likeness (QED) is 0.776. The number of hydrogen-bond acceptors (Lipinski definition) is 6. The molecule has 1 N–H and O–H groups in total. The van der Waals surface area contributed by atoms with Gasteiger partial charge in [-0.1, -0.05) is 6.07 Å². The number of pyridine rings is 2. The van der Waals surface area contributed by atoms with Crippen molar-refractivity contribution < 1.29 is 14.6 Å². The highest BCUT2D eigenvalue weighted by molar-refractivity contribution is 5.86. The first-order valence-electron chi connectivity index (χ1n) is 8.20. The molecule has 3 heterocycles. The van der Waals surface area contributed by atoms with Crippen LogP contribution in [0.3, 0.4) is 0 Å². The average molecular weight is 355 g/mol. The van der Waals surface area contributed by atoms with E-state index in [1.54, 1.807) is 49.6 Å². The van der Waals surface area contributed by atoms with Crippen LogP contribution in [0.4, 0.5) is 10.7 Å². The molecular weight excluding hydrogens is 334 g/mol. The van der Waals surface area contributed by atoms with Gasteiger partial charge in [0, 0.05) is 11.9 Å². The second-order valence-electron chi connectivity index (χ2n) is 6.91. The number of carbonyl (C=O) groups is 1. The molecule has 26 heavy (non-hydrogen) atoms. The van der Waals surface area contributed by atoms with Crippen molar-refractivity contribution in [1.29, 1.82) is 0 Å². The Morgan fingerprint density at radius 1 is 1.23 bits per heavy atom. The Hall–Kier alpha value is -3.16. The van der Waals surface area contributed by atoms with Gasteiger partial charge in [-0.2, -0.15) is 0 Å². The molecule has 136 valence electrons. The maximum Gasteiger partial charge on any atom is 0.417 e. The zero-order valence-corrected chi connectivity index (χ0v) is 15.2. The van der Waals surface area contributed by atoms with Crippen molar-refractivity contribution in [2.45, 2.75) is 39.8 Å². The number of aromatic nitrogens is 4. The van der Waals surface area contributed by atoms with Gasteiger partial charge in [-0.15, -0.1) is 10.2 Å². The smallest absolute Gasteiger partial charge is 0.417 e. The Morgan fingerprint density at radius 3 is 2.73 bits per heavy atom. The zero-order valence-electron chi connectivity index (χ0n) is 15.2. The average Bonchev–Trinajstić information content (AvgIpc) is 2.98. The molecule has 0 unspecified atom stereocenters. The third kappa shape index (κ3) is 3.74. The molecule has 0 saturated heterocycles. The van der Waals surface area contributed by atoms with E-state index in [0.717, 1.165) is 5.69 Å². The van der Waals surface area contributed by atoms with Crippen LogP contribution < -0.4 is 4.90 Å². The third-order valence-corrected chi connectivity index (χ3v) is 3.55. The molecule has 0 aliphatic heterocycles. The first-order valence-corrected chi connectivity index (χ1v) is 8.20. The van der Waals surface area contributed by atoms with Gasteiger partial charge in [-0.25, -0.2) is 9.69 Å². The van der Waals surface area contributed by atoms with Gasteiger partial charge in [-0.3, -0.25) is 9.38 Å². The summed E-state index contributed by atoms with van der Waals surface area (Å²) < 4.78 is 7.19. The maximum absolute atomic E-state index is 12.8. The van der Waals surface area contributed by atoms with E-state index >= 15 is 0 Å². The van der Waals surface area contributed by atoms with Crippen LogP contribution in [0.15, 0.2) is 36.5 Å². The number of hydrogen-bond donors (Lipinski definition) is 1. The molecule has 0 saturated carbocycles. The monoisotopic (exact) mass is 355 g/mol. The minimum atomic E-state index is -0.683. The number of anilines is 1. The topological polar surface area (TPSA) is 92.8 Å². The van der Waals surface area contributed by atoms with Gasteiger partial charge in [0.15, 0.2) is 5.65 Å². The molecule has 0 aliphatic carbocycles. The highest BCUT2D eigenvalue weighted by Crippen LogP contribution is 2.23. The number of amides is 1. The molecule has 8 heteroatoms. The molecule has 3 rings (SSSR count). The van der Waals surface area contributed by atoms with Gasteiger partial charge in [0.2, 0.25) is 5.95 Å². The zero-order chi connectivity index (χ0) is 18.9. The third-order valence-electron chi connectivity index (χ3n) is 3.55. The molecule has 8 nitrogen and oxygen atoms in total. The fraction of sp³-hybridized carbons (Fsp3) is 0.333. The molecule has 0 radical (unpaired) electrons. The second kappa shape index (κ2) is 6.62. The first kappa shape index (κ1) is 17.7. The predicted molar refractivity (Wildman–Crippen MR) is 96.0 cm³/mol. The summed E-state index contributed by atoms with van der Waals surface area (Å²) in [6, 6.07) is 8.68. The molecular formula is C18H21N5O3. The van der Waals surface area contributed by atoms with Crippen LogP contribution in [0.1, 0.15) is 32.2 Å². The Bertz CT molecular complexity index is 945. The van der Waals surface area contributed by atoms with Crippen molar-refractivity contribution in [1.82, 2.24) is 19.6 Å². The number of ether oxygens (including phenoxy) is 1. The van der Waals surface area contributed by atoms with Crippen molar-refractivity contribution >= 4 is 17.7 Å². The molecule has 0 aromatic carbocycles. The lowest BCUT2D eigenvalue weighted by atomic mass is 10.2. The first-order chi connectivity index (χ1) is 12.2. The summed E-state index contributed by atoms with van der Waals surface area (Å²) in [4.78, 5) is 18.5. The van der Waals surface area contributed by atoms with E-state index in [9.17, 15) is 9.90 Å². The minimum absolute atomic E-state index is 0.00187. The molecule has 1 amide bonds. The lowest BCUT2D eigenvalue weighted by molar-refractivity contribution is 0.0574. The molecule has 0 aliphatic rings. The van der Waals surface area contributed by atoms with E-state index in [1.165, 1.54) is 4.90 Å². The van der Waals surface area contributed by atoms with E-state index < -0.39 is 11.7 Å². The lowest BCUT2D eigenvalue weighted by Crippen LogP contribution is -2.37. The van der Waals surface area contributed by atoms with Crippen molar-refractivity contribution in [3.63, 3.8) is 0 Å². The summed E-state index contributed by atoms with van der Waals surface area (Å²) in [6.45, 7) is 7.17. The Morgan fingerprint density at radius 2 is 2.00 bits per heavy atom. The van der Waals surface area contributed by atoms with Crippen molar-refractivity contribution in [2.24, 2.45) is 0 Å². The number of rotatable bonds is 3. The standard InChI is InChI=1S/C18H21N5O3/c1-12-8-9-14(24)13(19-12)11-23(17(25)26-18(2,3)4)16-21-20-15-7-5-6-10-22(15)16/h5-10,24H,11H2,1-4H3. The van der Waals surface area contributed by atoms with Crippen molar-refractivity contribution in [3.8, 4) is 5.75 Å². The van der Waals surface area contributed by atoms with Crippen LogP contribution in [-0.2, 0) is 11.3 Å². The fourth-order valence-corrected chi connectivity index (χ4v) is 2.42. The Kier molecular flexibility index (Phi) is 4.50. The van der Waals surface area contributed by atoms with E-state index in [1.807, 2.05) is 19.1 Å². The Labute approximate surface area is 151 Å². The minimum Gasteiger partial charge on any atom is -0.506 e. The molecule has 0 fully saturated rings. The molecule has 0 spiro atoms. The van der Waals surface area contributed by atoms with Gasteiger partial charge in [-0.05, 0) is 52.0 Å². The number of aryl methyl sites for hydroxylation is 1. The summed E-state index contributed by atoms with van der Waals surface area (Å²) in [5.74, 6) is 0.288. The van der Waals surface area contributed by atoms with Crippen LogP contribution in [0.25, 0.3) is 5.65 Å². The normalized spacial score (nSPS) is 11.5. The van der Waals surface area contributed by atoms with Crippen molar-refractivity contribution in [2.75, 3.05) is 4.90 Å². The van der Waals surface area contributed by atoms with Crippen LogP contribution in [-0.4, -0.2) is 36.4 Å². The second-order valence-corrected chi connectivity index (χ2v) is 6.91. The van der Waals surface area contributed by atoms with E-state index in [2.05, 4.69) is 15.2 Å². The van der Waals surface area contributed by atoms with Gasteiger partial charge in [0.05, 0.1) is 6.54 Å². The fourth-order valence-electron chi connectivity index (χ4n) is 2.42. The maximum atomic E-state index is 12.8. The highest BCUT2D eigenvalue weighted by atomic mass is 16.6. The van der Waals surface area contributed by atoms with Gasteiger partial charge < -0.3 is 9.84 Å². The van der Waals surface area contributed by atoms with E-state index in [0.29, 0.717) is 11.3 Å². The highest BCUT2D eigenvalue weighted by Gasteiger charge is 2.28. The Balaban J connectivity index is 2.04. The van der Waals surface area contributed by atoms with E-state index in [4.69, 9.17) is 4.74 Å². The van der Waals surface area contributed by atoms with Crippen LogP contribution >= 0.6 is 0 Å². The summed E-state index contributed by atoms with van der Waals surface area (Å²) in [5, 5.41) is 18.3. The van der Waals surface area contributed by atoms with Gasteiger partial charge >= 0.3 is 6.09 Å². The van der Waals surface area contributed by atoms with Crippen LogP contribution in [0, 0.1) is 6.92 Å². The summed E-state index contributed by atoms with van der Waals surface area (Å²) >= 11 is 0. The van der Waals surface area contributed by atoms with E-state index in [-0.39, 0.29) is 18.2 Å².